The lowest BCUT2D eigenvalue weighted by molar-refractivity contribution is -0.192. The Bertz CT molecular complexity index is 1280. The Balaban J connectivity index is 1.92. The second-order valence-corrected chi connectivity index (χ2v) is 12.4. The zero-order valence-corrected chi connectivity index (χ0v) is 23.3. The van der Waals surface area contributed by atoms with Crippen LogP contribution in [0, 0.1) is 0 Å². The lowest BCUT2D eigenvalue weighted by Gasteiger charge is -2.34. The van der Waals surface area contributed by atoms with Crippen LogP contribution < -0.4 is 21.0 Å². The quantitative estimate of drug-likeness (QED) is 0.253. The zero-order valence-electron chi connectivity index (χ0n) is 20.9. The van der Waals surface area contributed by atoms with Gasteiger partial charge in [-0.3, -0.25) is 9.36 Å². The van der Waals surface area contributed by atoms with Crippen molar-refractivity contribution in [2.24, 2.45) is 0 Å². The first kappa shape index (κ1) is 31.3. The fourth-order valence-electron chi connectivity index (χ4n) is 3.52. The molecule has 1 aliphatic heterocycles. The van der Waals surface area contributed by atoms with E-state index in [1.165, 1.54) is 19.1 Å². The van der Waals surface area contributed by atoms with Crippen LogP contribution in [0.15, 0.2) is 41.3 Å². The molecule has 1 fully saturated rings. The topological polar surface area (TPSA) is 147 Å². The first-order chi connectivity index (χ1) is 18.2. The number of aliphatic hydroxyl groups excluding tert-OH is 1. The number of hydrogen-bond donors (Lipinski definition) is 3. The summed E-state index contributed by atoms with van der Waals surface area (Å²) in [6, 6.07) is 6.80. The number of hydrogen-bond acceptors (Lipinski definition) is 10. The molecule has 2 aromatic rings. The molecule has 0 amide bonds. The number of ether oxygens (including phenoxy) is 2. The number of halogens is 4. The van der Waals surface area contributed by atoms with Crippen molar-refractivity contribution in [3.05, 3.63) is 52.0 Å². The van der Waals surface area contributed by atoms with Gasteiger partial charge in [0.15, 0.2) is 18.0 Å². The Kier molecular flexibility index (Phi) is 10.0. The van der Waals surface area contributed by atoms with Crippen molar-refractivity contribution in [3.63, 3.8) is 0 Å². The van der Waals surface area contributed by atoms with Crippen molar-refractivity contribution in [1.29, 1.82) is 0 Å². The normalized spacial score (nSPS) is 25.4. The third kappa shape index (κ3) is 7.09. The molecular formula is C22H27ClF3N4O7PS. The van der Waals surface area contributed by atoms with Crippen molar-refractivity contribution in [1.82, 2.24) is 14.6 Å². The maximum Gasteiger partial charge on any atom is 0.351 e. The van der Waals surface area contributed by atoms with Crippen molar-refractivity contribution < 1.29 is 41.6 Å². The maximum atomic E-state index is 15.2. The fraction of sp³-hybridized carbons (Fsp3) is 0.500. The standard InChI is InChI=1S/C22H27ClF3N4O7PS/c1-11(2)35-19(32)12(3)29-38(39,37-13-7-5-4-6-8-13)34-10-22(20(25)26)16(31)15(24)18(36-22)30-9-14(23)17(27)28-21(30)33/h4-9,11-12,15-16,18,20,31H,10H2,1-3H3,(H,29,39)(H2,27,28,33)/t12-,15-,16-,18+,22+,38?/m0/s1. The molecule has 39 heavy (non-hydrogen) atoms. The van der Waals surface area contributed by atoms with E-state index in [-0.39, 0.29) is 16.6 Å². The van der Waals surface area contributed by atoms with E-state index in [0.29, 0.717) is 4.57 Å². The van der Waals surface area contributed by atoms with Crippen molar-refractivity contribution in [2.75, 3.05) is 12.3 Å². The van der Waals surface area contributed by atoms with E-state index in [1.807, 2.05) is 0 Å². The number of para-hydroxylation sites is 1. The molecule has 0 radical (unpaired) electrons. The number of anilines is 1. The van der Waals surface area contributed by atoms with Crippen LogP contribution in [0.3, 0.4) is 0 Å². The number of nitrogens with two attached hydrogens (primary N) is 1. The van der Waals surface area contributed by atoms with Crippen LogP contribution >= 0.6 is 18.2 Å². The first-order valence-corrected chi connectivity index (χ1v) is 14.5. The van der Waals surface area contributed by atoms with Crippen molar-refractivity contribution in [3.8, 4) is 5.75 Å². The lowest BCUT2D eigenvalue weighted by Crippen LogP contribution is -2.52. The molecule has 1 unspecified atom stereocenters. The molecule has 1 saturated heterocycles. The van der Waals surface area contributed by atoms with Gasteiger partial charge in [0, 0.05) is 6.20 Å². The highest BCUT2D eigenvalue weighted by atomic mass is 35.5. The molecule has 216 valence electrons. The van der Waals surface area contributed by atoms with Crippen LogP contribution in [0.4, 0.5) is 19.0 Å². The predicted molar refractivity (Wildman–Crippen MR) is 139 cm³/mol. The van der Waals surface area contributed by atoms with E-state index in [0.717, 1.165) is 6.20 Å². The maximum absolute atomic E-state index is 15.2. The van der Waals surface area contributed by atoms with Gasteiger partial charge in [-0.15, -0.1) is 0 Å². The summed E-state index contributed by atoms with van der Waals surface area (Å²) in [5.41, 5.74) is 1.29. The van der Waals surface area contributed by atoms with Gasteiger partial charge in [-0.05, 0) is 44.7 Å². The molecule has 1 aromatic heterocycles. The SMILES string of the molecule is CC(C)OC(=O)[C@H](C)NP(=S)(OC[C@@]1(C(F)F)O[C@@H](n2cc(Cl)c(N)nc2=O)[C@@H](F)[C@@H]1O)Oc1ccccc1. The van der Waals surface area contributed by atoms with Gasteiger partial charge >= 0.3 is 18.3 Å². The summed E-state index contributed by atoms with van der Waals surface area (Å²) in [5.74, 6) is -0.923. The molecule has 0 bridgehead atoms. The molecule has 1 aliphatic rings. The molecule has 0 aliphatic carbocycles. The van der Waals surface area contributed by atoms with Gasteiger partial charge < -0.3 is 29.4 Å². The summed E-state index contributed by atoms with van der Waals surface area (Å²) >= 11 is 11.3. The molecule has 6 atom stereocenters. The van der Waals surface area contributed by atoms with Gasteiger partial charge in [0.2, 0.25) is 0 Å². The second kappa shape index (κ2) is 12.5. The van der Waals surface area contributed by atoms with Gasteiger partial charge in [-0.2, -0.15) is 4.98 Å². The van der Waals surface area contributed by atoms with Gasteiger partial charge in [-0.1, -0.05) is 29.8 Å². The minimum atomic E-state index is -3.87. The molecule has 17 heteroatoms. The molecule has 11 nitrogen and oxygen atoms in total. The van der Waals surface area contributed by atoms with Crippen LogP contribution in [0.5, 0.6) is 5.75 Å². The number of alkyl halides is 3. The van der Waals surface area contributed by atoms with Gasteiger partial charge in [0.1, 0.15) is 23.7 Å². The minimum Gasteiger partial charge on any atom is -0.462 e. The molecule has 4 N–H and O–H groups in total. The smallest absolute Gasteiger partial charge is 0.351 e. The summed E-state index contributed by atoms with van der Waals surface area (Å²) < 4.78 is 66.3. The number of benzene rings is 1. The van der Waals surface area contributed by atoms with Gasteiger partial charge in [0.05, 0.1) is 17.7 Å². The number of rotatable bonds is 11. The van der Waals surface area contributed by atoms with Crippen LogP contribution in [0.25, 0.3) is 0 Å². The van der Waals surface area contributed by atoms with Crippen LogP contribution in [-0.2, 0) is 30.6 Å². The zero-order chi connectivity index (χ0) is 29.1. The van der Waals surface area contributed by atoms with Crippen LogP contribution in [-0.4, -0.2) is 63.7 Å². The Labute approximate surface area is 231 Å². The number of carbonyl (C=O) groups excluding carboxylic acids is 1. The highest BCUT2D eigenvalue weighted by molar-refractivity contribution is 8.09. The highest BCUT2D eigenvalue weighted by Gasteiger charge is 2.62. The first-order valence-electron chi connectivity index (χ1n) is 11.5. The predicted octanol–water partition coefficient (Wildman–Crippen LogP) is 2.96. The average Bonchev–Trinajstić information content (AvgIpc) is 3.11. The lowest BCUT2D eigenvalue weighted by atomic mass is 9.97. The Hall–Kier alpha value is -2.26. The third-order valence-electron chi connectivity index (χ3n) is 5.48. The van der Waals surface area contributed by atoms with Gasteiger partial charge in [-0.25, -0.2) is 23.1 Å². The van der Waals surface area contributed by atoms with Crippen molar-refractivity contribution in [2.45, 2.75) is 63.4 Å². The molecular weight excluding hydrogens is 588 g/mol. The van der Waals surface area contributed by atoms with E-state index in [4.69, 9.17) is 47.7 Å². The summed E-state index contributed by atoms with van der Waals surface area (Å²) in [5, 5.41) is 12.9. The Morgan fingerprint density at radius 2 is 2.00 bits per heavy atom. The monoisotopic (exact) mass is 614 g/mol. The van der Waals surface area contributed by atoms with Gasteiger partial charge in [0.25, 0.3) is 6.43 Å². The van der Waals surface area contributed by atoms with E-state index >= 15 is 4.39 Å². The average molecular weight is 615 g/mol. The highest BCUT2D eigenvalue weighted by Crippen LogP contribution is 2.50. The third-order valence-corrected chi connectivity index (χ3v) is 8.25. The number of carbonyl (C=O) groups is 1. The van der Waals surface area contributed by atoms with Crippen LogP contribution in [0.1, 0.15) is 27.0 Å². The fourth-order valence-corrected chi connectivity index (χ4v) is 6.09. The Morgan fingerprint density at radius 1 is 1.36 bits per heavy atom. The summed E-state index contributed by atoms with van der Waals surface area (Å²) in [6.45, 7) is -0.424. The number of esters is 1. The number of nitrogens with zero attached hydrogens (tertiary/aromatic N) is 2. The molecule has 0 spiro atoms. The summed E-state index contributed by atoms with van der Waals surface area (Å²) in [4.78, 5) is 28.0. The number of aliphatic hydroxyl groups is 1. The summed E-state index contributed by atoms with van der Waals surface area (Å²) in [6.07, 6.45) is -10.2. The Morgan fingerprint density at radius 3 is 2.59 bits per heavy atom. The summed E-state index contributed by atoms with van der Waals surface area (Å²) in [7, 11) is 0. The van der Waals surface area contributed by atoms with E-state index in [1.54, 1.807) is 32.0 Å². The van der Waals surface area contributed by atoms with Crippen LogP contribution in [0.2, 0.25) is 5.02 Å². The molecule has 0 saturated carbocycles. The van der Waals surface area contributed by atoms with Crippen molar-refractivity contribution >= 4 is 41.8 Å². The molecule has 1 aromatic carbocycles. The largest absolute Gasteiger partial charge is 0.462 e. The minimum absolute atomic E-state index is 0.173. The number of aromatic nitrogens is 2. The second-order valence-electron chi connectivity index (χ2n) is 8.83. The number of nitrogen functional groups attached to an aromatic ring is 1. The molecule has 3 rings (SSSR count). The van der Waals surface area contributed by atoms with E-state index < -0.39 is 67.6 Å². The van der Waals surface area contributed by atoms with E-state index in [9.17, 15) is 23.5 Å². The van der Waals surface area contributed by atoms with E-state index in [2.05, 4.69) is 10.1 Å². The number of nitrogens with one attached hydrogen (secondary N) is 1. The molecule has 2 heterocycles.